The maximum absolute atomic E-state index is 12.7. The lowest BCUT2D eigenvalue weighted by Crippen LogP contribution is -2.34. The number of carboxylic acids is 1. The summed E-state index contributed by atoms with van der Waals surface area (Å²) in [6.45, 7) is 2.88. The minimum absolute atomic E-state index is 0.170. The van der Waals surface area contributed by atoms with Crippen LogP contribution in [0.4, 0.5) is 0 Å². The summed E-state index contributed by atoms with van der Waals surface area (Å²) in [7, 11) is -4.72. The van der Waals surface area contributed by atoms with E-state index in [0.29, 0.717) is 12.8 Å². The summed E-state index contributed by atoms with van der Waals surface area (Å²) in [5, 5.41) is 8.93. The summed E-state index contributed by atoms with van der Waals surface area (Å²) >= 11 is 0. The van der Waals surface area contributed by atoms with Gasteiger partial charge in [-0.1, -0.05) is 264 Å². The average Bonchev–Trinajstić information content (AvgIpc) is 3.28. The minimum atomic E-state index is -4.72. The molecule has 0 aliphatic heterocycles. The van der Waals surface area contributed by atoms with Crippen molar-refractivity contribution in [2.24, 2.45) is 5.73 Å². The van der Waals surface area contributed by atoms with E-state index in [1.54, 1.807) is 0 Å². The summed E-state index contributed by atoms with van der Waals surface area (Å²) in [4.78, 5) is 46.3. The molecular formula is C53H104NO10P. The smallest absolute Gasteiger partial charge is 0.472 e. The standard InChI is InChI=1S/C53H104NO10P/c1-3-5-7-9-11-13-15-17-19-21-23-24-25-26-27-29-31-33-35-37-39-41-43-45-52(56)64-49(47-62-65(59,60)63-48-50(54)53(57)58)46-61-51(55)44-42-40-38-36-34-32-30-28-22-20-18-16-14-12-10-8-6-4-2/h49-50H,3-48,54H2,1-2H3,(H,57,58)(H,59,60). The molecular weight excluding hydrogens is 842 g/mol. The zero-order chi connectivity index (χ0) is 47.7. The molecule has 0 aromatic heterocycles. The summed E-state index contributed by atoms with van der Waals surface area (Å²) in [5.41, 5.74) is 5.36. The Morgan fingerprint density at radius 1 is 0.415 bits per heavy atom. The number of rotatable bonds is 53. The van der Waals surface area contributed by atoms with Crippen LogP contribution in [0, 0.1) is 0 Å². The van der Waals surface area contributed by atoms with E-state index in [4.69, 9.17) is 29.4 Å². The predicted molar refractivity (Wildman–Crippen MR) is 268 cm³/mol. The van der Waals surface area contributed by atoms with E-state index in [9.17, 15) is 23.8 Å². The monoisotopic (exact) mass is 946 g/mol. The van der Waals surface area contributed by atoms with Crippen LogP contribution in [0.5, 0.6) is 0 Å². The Bertz CT molecular complexity index is 1110. The fourth-order valence-corrected chi connectivity index (χ4v) is 9.08. The number of carbonyl (C=O) groups excluding carboxylic acids is 2. The van der Waals surface area contributed by atoms with E-state index >= 15 is 0 Å². The molecule has 65 heavy (non-hydrogen) atoms. The topological polar surface area (TPSA) is 172 Å². The number of aliphatic carboxylic acids is 1. The quantitative estimate of drug-likeness (QED) is 0.0301. The van der Waals surface area contributed by atoms with Crippen molar-refractivity contribution < 1.29 is 47.5 Å². The molecule has 0 radical (unpaired) electrons. The predicted octanol–water partition coefficient (Wildman–Crippen LogP) is 15.8. The molecule has 0 saturated heterocycles. The van der Waals surface area contributed by atoms with Gasteiger partial charge < -0.3 is 25.2 Å². The van der Waals surface area contributed by atoms with Gasteiger partial charge in [0.2, 0.25) is 0 Å². The van der Waals surface area contributed by atoms with Crippen LogP contribution in [0.25, 0.3) is 0 Å². The van der Waals surface area contributed by atoms with Gasteiger partial charge in [0, 0.05) is 12.8 Å². The SMILES string of the molecule is CCCCCCCCCCCCCCCCCCCCCCCCCC(=O)OC(COC(=O)CCCCCCCCCCCCCCCCCCCC)COP(=O)(O)OCC(N)C(=O)O. The lowest BCUT2D eigenvalue weighted by Gasteiger charge is -2.20. The molecule has 4 N–H and O–H groups in total. The molecule has 386 valence electrons. The molecule has 0 spiro atoms. The van der Waals surface area contributed by atoms with Gasteiger partial charge in [0.1, 0.15) is 12.6 Å². The first-order valence-electron chi connectivity index (χ1n) is 27.6. The molecule has 3 atom stereocenters. The van der Waals surface area contributed by atoms with Crippen LogP contribution in [0.3, 0.4) is 0 Å². The second-order valence-corrected chi connectivity index (χ2v) is 20.5. The van der Waals surface area contributed by atoms with Gasteiger partial charge in [-0.15, -0.1) is 0 Å². The van der Waals surface area contributed by atoms with Gasteiger partial charge in [0.05, 0.1) is 13.2 Å². The number of esters is 2. The maximum Gasteiger partial charge on any atom is 0.472 e. The van der Waals surface area contributed by atoms with E-state index in [-0.39, 0.29) is 19.4 Å². The van der Waals surface area contributed by atoms with Crippen molar-refractivity contribution in [2.75, 3.05) is 19.8 Å². The average molecular weight is 946 g/mol. The van der Waals surface area contributed by atoms with Crippen LogP contribution in [0.15, 0.2) is 0 Å². The third kappa shape index (κ3) is 48.7. The maximum atomic E-state index is 12.7. The zero-order valence-corrected chi connectivity index (χ0v) is 43.3. The second-order valence-electron chi connectivity index (χ2n) is 19.1. The van der Waals surface area contributed by atoms with Crippen LogP contribution in [-0.2, 0) is 37.5 Å². The van der Waals surface area contributed by atoms with E-state index < -0.39 is 51.1 Å². The number of carboxylic acid groups (broad SMARTS) is 1. The first-order valence-corrected chi connectivity index (χ1v) is 29.1. The van der Waals surface area contributed by atoms with Crippen molar-refractivity contribution in [3.05, 3.63) is 0 Å². The number of phosphoric ester groups is 1. The Kier molecular flexibility index (Phi) is 47.8. The molecule has 12 heteroatoms. The molecule has 0 aliphatic carbocycles. The first kappa shape index (κ1) is 63.5. The number of hydrogen-bond donors (Lipinski definition) is 3. The summed E-state index contributed by atoms with van der Waals surface area (Å²) in [6, 6.07) is -1.52. The van der Waals surface area contributed by atoms with E-state index in [0.717, 1.165) is 38.5 Å². The van der Waals surface area contributed by atoms with Crippen molar-refractivity contribution in [3.63, 3.8) is 0 Å². The van der Waals surface area contributed by atoms with Crippen LogP contribution in [0.2, 0.25) is 0 Å². The van der Waals surface area contributed by atoms with E-state index in [2.05, 4.69) is 13.8 Å². The molecule has 0 rings (SSSR count). The van der Waals surface area contributed by atoms with Gasteiger partial charge in [-0.05, 0) is 12.8 Å². The van der Waals surface area contributed by atoms with Crippen molar-refractivity contribution >= 4 is 25.7 Å². The van der Waals surface area contributed by atoms with Gasteiger partial charge in [0.15, 0.2) is 6.10 Å². The molecule has 3 unspecified atom stereocenters. The zero-order valence-electron chi connectivity index (χ0n) is 42.4. The molecule has 0 aromatic carbocycles. The first-order chi connectivity index (χ1) is 31.6. The molecule has 0 aliphatic rings. The lowest BCUT2D eigenvalue weighted by molar-refractivity contribution is -0.161. The largest absolute Gasteiger partial charge is 0.480 e. The van der Waals surface area contributed by atoms with Crippen molar-refractivity contribution in [2.45, 2.75) is 302 Å². The Balaban J connectivity index is 4.13. The Labute approximate surface area is 399 Å². The van der Waals surface area contributed by atoms with E-state index in [1.807, 2.05) is 0 Å². The van der Waals surface area contributed by atoms with Crippen LogP contribution in [0.1, 0.15) is 290 Å². The second kappa shape index (κ2) is 48.9. The summed E-state index contributed by atoms with van der Waals surface area (Å²) < 4.78 is 32.9. The van der Waals surface area contributed by atoms with Crippen LogP contribution < -0.4 is 5.73 Å². The van der Waals surface area contributed by atoms with Crippen LogP contribution in [-0.4, -0.2) is 59.9 Å². The molecule has 0 fully saturated rings. The van der Waals surface area contributed by atoms with Gasteiger partial charge in [0.25, 0.3) is 0 Å². The minimum Gasteiger partial charge on any atom is -0.480 e. The van der Waals surface area contributed by atoms with Crippen molar-refractivity contribution in [1.82, 2.24) is 0 Å². The van der Waals surface area contributed by atoms with Gasteiger partial charge >= 0.3 is 25.7 Å². The number of unbranched alkanes of at least 4 members (excludes halogenated alkanes) is 39. The number of nitrogens with two attached hydrogens (primary N) is 1. The van der Waals surface area contributed by atoms with Gasteiger partial charge in [-0.3, -0.25) is 23.4 Å². The summed E-state index contributed by atoms with van der Waals surface area (Å²) in [5.74, 6) is -2.35. The highest BCUT2D eigenvalue weighted by Gasteiger charge is 2.28. The summed E-state index contributed by atoms with van der Waals surface area (Å²) in [6.07, 6.45) is 51.7. The molecule has 0 bridgehead atoms. The third-order valence-electron chi connectivity index (χ3n) is 12.6. The Hall–Kier alpha value is -1.52. The highest BCUT2D eigenvalue weighted by atomic mass is 31.2. The Morgan fingerprint density at radius 3 is 0.969 bits per heavy atom. The highest BCUT2D eigenvalue weighted by Crippen LogP contribution is 2.43. The number of phosphoric acid groups is 1. The molecule has 0 heterocycles. The highest BCUT2D eigenvalue weighted by molar-refractivity contribution is 7.47. The van der Waals surface area contributed by atoms with Crippen molar-refractivity contribution in [3.8, 4) is 0 Å². The molecule has 0 amide bonds. The Morgan fingerprint density at radius 2 is 0.677 bits per heavy atom. The fraction of sp³-hybridized carbons (Fsp3) is 0.943. The molecule has 11 nitrogen and oxygen atoms in total. The van der Waals surface area contributed by atoms with Gasteiger partial charge in [-0.25, -0.2) is 4.57 Å². The van der Waals surface area contributed by atoms with Gasteiger partial charge in [-0.2, -0.15) is 0 Å². The normalized spacial score (nSPS) is 13.4. The van der Waals surface area contributed by atoms with Crippen LogP contribution >= 0.6 is 7.82 Å². The van der Waals surface area contributed by atoms with E-state index in [1.165, 1.54) is 212 Å². The molecule has 0 saturated carbocycles. The lowest BCUT2D eigenvalue weighted by atomic mass is 10.0. The molecule has 0 aromatic rings. The number of ether oxygens (including phenoxy) is 2. The third-order valence-corrected chi connectivity index (χ3v) is 13.6. The number of carbonyl (C=O) groups is 3. The number of hydrogen-bond acceptors (Lipinski definition) is 9. The van der Waals surface area contributed by atoms with Crippen molar-refractivity contribution in [1.29, 1.82) is 0 Å². The fourth-order valence-electron chi connectivity index (χ4n) is 8.31.